The molecule has 0 saturated heterocycles. The summed E-state index contributed by atoms with van der Waals surface area (Å²) in [5.41, 5.74) is 2.15. The van der Waals surface area contributed by atoms with Gasteiger partial charge in [0.2, 0.25) is 0 Å². The first-order valence-corrected chi connectivity index (χ1v) is 4.44. The topological polar surface area (TPSA) is 121 Å². The van der Waals surface area contributed by atoms with E-state index in [1.165, 1.54) is 0 Å². The zero-order chi connectivity index (χ0) is 10.5. The van der Waals surface area contributed by atoms with Gasteiger partial charge in [0.1, 0.15) is 5.71 Å². The van der Waals surface area contributed by atoms with E-state index in [0.717, 1.165) is 11.1 Å². The molecule has 0 spiro atoms. The molecule has 6 nitrogen and oxygen atoms in total. The molecule has 0 saturated carbocycles. The van der Waals surface area contributed by atoms with Gasteiger partial charge in [-0.15, -0.1) is 0 Å². The third-order valence-corrected chi connectivity index (χ3v) is 2.01. The molecule has 2 aromatic rings. The van der Waals surface area contributed by atoms with E-state index in [9.17, 15) is 0 Å². The van der Waals surface area contributed by atoms with Crippen LogP contribution in [0.15, 0.2) is 54.2 Å². The monoisotopic (exact) mass is 235 g/mol. The standard InChI is InChI=1S/C11H9N3O.2H2O/c15-14-11(9-1-5-12-6-2-9)10-3-7-13-8-4-10;;/h1-8,15H;2*1H2. The first kappa shape index (κ1) is 14.7. The molecule has 0 amide bonds. The molecule has 2 heterocycles. The summed E-state index contributed by atoms with van der Waals surface area (Å²) in [5, 5.41) is 12.3. The van der Waals surface area contributed by atoms with Crippen LogP contribution < -0.4 is 0 Å². The average molecular weight is 235 g/mol. The summed E-state index contributed by atoms with van der Waals surface area (Å²) in [6.45, 7) is 0. The second kappa shape index (κ2) is 7.04. The van der Waals surface area contributed by atoms with E-state index in [1.54, 1.807) is 49.1 Å². The smallest absolute Gasteiger partial charge is 0.117 e. The summed E-state index contributed by atoms with van der Waals surface area (Å²) in [6, 6.07) is 7.15. The van der Waals surface area contributed by atoms with Crippen molar-refractivity contribution < 1.29 is 16.2 Å². The molecule has 17 heavy (non-hydrogen) atoms. The zero-order valence-electron chi connectivity index (χ0n) is 8.91. The Morgan fingerprint density at radius 2 is 1.18 bits per heavy atom. The van der Waals surface area contributed by atoms with Crippen LogP contribution in [0.25, 0.3) is 0 Å². The molecule has 2 aromatic heterocycles. The lowest BCUT2D eigenvalue weighted by molar-refractivity contribution is 0.319. The fraction of sp³-hybridized carbons (Fsp3) is 0. The minimum Gasteiger partial charge on any atom is -0.412 e. The largest absolute Gasteiger partial charge is 0.412 e. The summed E-state index contributed by atoms with van der Waals surface area (Å²) in [7, 11) is 0. The van der Waals surface area contributed by atoms with Gasteiger partial charge in [-0.3, -0.25) is 9.97 Å². The lowest BCUT2D eigenvalue weighted by atomic mass is 10.1. The molecule has 0 aromatic carbocycles. The number of oxime groups is 1. The highest BCUT2D eigenvalue weighted by Crippen LogP contribution is 2.08. The summed E-state index contributed by atoms with van der Waals surface area (Å²) in [4.78, 5) is 7.81. The van der Waals surface area contributed by atoms with Gasteiger partial charge in [-0.2, -0.15) is 0 Å². The Labute approximate surface area is 97.9 Å². The van der Waals surface area contributed by atoms with Crippen molar-refractivity contribution in [1.29, 1.82) is 0 Å². The van der Waals surface area contributed by atoms with Gasteiger partial charge in [0, 0.05) is 35.9 Å². The third kappa shape index (κ3) is 3.33. The summed E-state index contributed by atoms with van der Waals surface area (Å²) < 4.78 is 0. The second-order valence-corrected chi connectivity index (χ2v) is 2.92. The van der Waals surface area contributed by atoms with E-state index in [0.29, 0.717) is 5.71 Å². The SMILES string of the molecule is O.O.ON=C(c1ccncc1)c1ccncc1. The maximum absolute atomic E-state index is 8.98. The predicted octanol–water partition coefficient (Wildman–Crippen LogP) is 0.0538. The molecular weight excluding hydrogens is 222 g/mol. The van der Waals surface area contributed by atoms with Crippen molar-refractivity contribution in [2.45, 2.75) is 0 Å². The average Bonchev–Trinajstić information content (AvgIpc) is 2.33. The van der Waals surface area contributed by atoms with Crippen molar-refractivity contribution >= 4 is 5.71 Å². The van der Waals surface area contributed by atoms with Crippen molar-refractivity contribution in [2.75, 3.05) is 0 Å². The molecule has 0 radical (unpaired) electrons. The van der Waals surface area contributed by atoms with Crippen LogP contribution in [-0.2, 0) is 0 Å². The van der Waals surface area contributed by atoms with Gasteiger partial charge >= 0.3 is 0 Å². The van der Waals surface area contributed by atoms with Crippen LogP contribution in [0.3, 0.4) is 0 Å². The van der Waals surface area contributed by atoms with E-state index in [4.69, 9.17) is 5.21 Å². The first-order chi connectivity index (χ1) is 7.42. The Bertz CT molecular complexity index is 418. The van der Waals surface area contributed by atoms with Crippen LogP contribution in [-0.4, -0.2) is 31.8 Å². The lowest BCUT2D eigenvalue weighted by Crippen LogP contribution is -2.03. The molecule has 0 fully saturated rings. The highest BCUT2D eigenvalue weighted by atomic mass is 16.4. The minimum absolute atomic E-state index is 0. The third-order valence-electron chi connectivity index (χ3n) is 2.01. The Kier molecular flexibility index (Phi) is 6.09. The van der Waals surface area contributed by atoms with Crippen LogP contribution in [0.4, 0.5) is 0 Å². The molecule has 90 valence electrons. The van der Waals surface area contributed by atoms with Crippen LogP contribution in [0, 0.1) is 0 Å². The quantitative estimate of drug-likeness (QED) is 0.449. The van der Waals surface area contributed by atoms with Crippen LogP contribution in [0.1, 0.15) is 11.1 Å². The van der Waals surface area contributed by atoms with E-state index < -0.39 is 0 Å². The summed E-state index contributed by atoms with van der Waals surface area (Å²) >= 11 is 0. The van der Waals surface area contributed by atoms with Crippen molar-refractivity contribution in [3.8, 4) is 0 Å². The summed E-state index contributed by atoms with van der Waals surface area (Å²) in [5.74, 6) is 0. The molecule has 0 unspecified atom stereocenters. The van der Waals surface area contributed by atoms with Gasteiger partial charge in [-0.05, 0) is 24.3 Å². The first-order valence-electron chi connectivity index (χ1n) is 4.44. The van der Waals surface area contributed by atoms with Crippen LogP contribution in [0.2, 0.25) is 0 Å². The molecule has 0 aliphatic heterocycles. The number of hydrogen-bond acceptors (Lipinski definition) is 4. The van der Waals surface area contributed by atoms with Crippen molar-refractivity contribution in [1.82, 2.24) is 9.97 Å². The molecular formula is C11H13N3O3. The normalized spacial score (nSPS) is 8.47. The number of aromatic nitrogens is 2. The molecule has 0 aliphatic rings. The van der Waals surface area contributed by atoms with Gasteiger partial charge < -0.3 is 16.2 Å². The molecule has 0 atom stereocenters. The van der Waals surface area contributed by atoms with Crippen molar-refractivity contribution in [2.24, 2.45) is 5.16 Å². The highest BCUT2D eigenvalue weighted by molar-refractivity contribution is 6.12. The fourth-order valence-corrected chi connectivity index (χ4v) is 1.30. The highest BCUT2D eigenvalue weighted by Gasteiger charge is 2.06. The maximum Gasteiger partial charge on any atom is 0.117 e. The van der Waals surface area contributed by atoms with Gasteiger partial charge in [-0.25, -0.2) is 0 Å². The van der Waals surface area contributed by atoms with Crippen LogP contribution in [0.5, 0.6) is 0 Å². The van der Waals surface area contributed by atoms with E-state index in [2.05, 4.69) is 15.1 Å². The van der Waals surface area contributed by atoms with Gasteiger partial charge in [0.05, 0.1) is 0 Å². The maximum atomic E-state index is 8.98. The number of hydrogen-bond donors (Lipinski definition) is 1. The van der Waals surface area contributed by atoms with Gasteiger partial charge in [0.15, 0.2) is 0 Å². The fourth-order valence-electron chi connectivity index (χ4n) is 1.30. The zero-order valence-corrected chi connectivity index (χ0v) is 8.91. The molecule has 0 aliphatic carbocycles. The van der Waals surface area contributed by atoms with E-state index in [-0.39, 0.29) is 11.0 Å². The number of pyridine rings is 2. The number of nitrogens with zero attached hydrogens (tertiary/aromatic N) is 3. The molecule has 2 rings (SSSR count). The second-order valence-electron chi connectivity index (χ2n) is 2.92. The Morgan fingerprint density at radius 1 is 0.824 bits per heavy atom. The Morgan fingerprint density at radius 3 is 1.47 bits per heavy atom. The predicted molar refractivity (Wildman–Crippen MR) is 63.1 cm³/mol. The molecule has 0 bridgehead atoms. The lowest BCUT2D eigenvalue weighted by Gasteiger charge is -2.03. The van der Waals surface area contributed by atoms with Crippen molar-refractivity contribution in [3.63, 3.8) is 0 Å². The van der Waals surface area contributed by atoms with Gasteiger partial charge in [-0.1, -0.05) is 5.16 Å². The molecule has 6 heteroatoms. The minimum atomic E-state index is 0. The van der Waals surface area contributed by atoms with Crippen LogP contribution >= 0.6 is 0 Å². The molecule has 5 N–H and O–H groups in total. The Hall–Kier alpha value is -2.31. The Balaban J connectivity index is 0.00000128. The van der Waals surface area contributed by atoms with Crippen molar-refractivity contribution in [3.05, 3.63) is 60.2 Å². The van der Waals surface area contributed by atoms with E-state index >= 15 is 0 Å². The van der Waals surface area contributed by atoms with Gasteiger partial charge in [0.25, 0.3) is 0 Å². The number of rotatable bonds is 2. The van der Waals surface area contributed by atoms with E-state index in [1.807, 2.05) is 0 Å². The summed E-state index contributed by atoms with van der Waals surface area (Å²) in [6.07, 6.45) is 6.62.